The molecule has 1 aliphatic heterocycles. The highest BCUT2D eigenvalue weighted by atomic mass is 32.2. The van der Waals surface area contributed by atoms with Crippen LogP contribution < -0.4 is 5.73 Å². The number of anilines is 1. The lowest BCUT2D eigenvalue weighted by atomic mass is 10.3. The van der Waals surface area contributed by atoms with Gasteiger partial charge in [0.15, 0.2) is 0 Å². The minimum Gasteiger partial charge on any atom is -0.398 e. The van der Waals surface area contributed by atoms with Crippen LogP contribution in [0.1, 0.15) is 13.3 Å². The van der Waals surface area contributed by atoms with Gasteiger partial charge in [0.25, 0.3) is 0 Å². The Morgan fingerprint density at radius 2 is 2.26 bits per heavy atom. The lowest BCUT2D eigenvalue weighted by Crippen LogP contribution is -2.41. The summed E-state index contributed by atoms with van der Waals surface area (Å²) in [5, 5.41) is 0.290. The molecule has 0 aromatic heterocycles. The number of rotatable bonds is 3. The standard InChI is InChI=1S/C12H17FN2O2S2/c1-2-10-8-15(5-6-18-10)19(16,17)12-7-9(13)3-4-11(12)14/h3-4,7,10H,2,5-6,8,14H2,1H3. The second-order valence-electron chi connectivity index (χ2n) is 4.45. The predicted molar refractivity (Wildman–Crippen MR) is 76.1 cm³/mol. The SMILES string of the molecule is CCC1CN(S(=O)(=O)c2cc(F)ccc2N)CCS1. The maximum Gasteiger partial charge on any atom is 0.245 e. The lowest BCUT2D eigenvalue weighted by molar-refractivity contribution is 0.416. The van der Waals surface area contributed by atoms with Crippen molar-refractivity contribution in [2.45, 2.75) is 23.5 Å². The fraction of sp³-hybridized carbons (Fsp3) is 0.500. The largest absolute Gasteiger partial charge is 0.398 e. The van der Waals surface area contributed by atoms with E-state index in [4.69, 9.17) is 5.73 Å². The number of nitrogens with two attached hydrogens (primary N) is 1. The van der Waals surface area contributed by atoms with Crippen LogP contribution in [0, 0.1) is 5.82 Å². The zero-order valence-corrected chi connectivity index (χ0v) is 12.3. The molecular formula is C12H17FN2O2S2. The molecule has 106 valence electrons. The summed E-state index contributed by atoms with van der Waals surface area (Å²) in [6.45, 7) is 2.93. The van der Waals surface area contributed by atoms with Crippen molar-refractivity contribution in [3.8, 4) is 0 Å². The molecule has 2 N–H and O–H groups in total. The quantitative estimate of drug-likeness (QED) is 0.867. The van der Waals surface area contributed by atoms with Crippen molar-refractivity contribution in [1.29, 1.82) is 0 Å². The first kappa shape index (κ1) is 14.6. The summed E-state index contributed by atoms with van der Waals surface area (Å²) in [4.78, 5) is -0.130. The highest BCUT2D eigenvalue weighted by molar-refractivity contribution is 8.00. The summed E-state index contributed by atoms with van der Waals surface area (Å²) in [6, 6.07) is 3.45. The molecule has 1 saturated heterocycles. The molecule has 1 aromatic rings. The molecule has 1 fully saturated rings. The average molecular weight is 304 g/mol. The number of nitrogen functional groups attached to an aromatic ring is 1. The molecule has 0 bridgehead atoms. The first-order chi connectivity index (χ1) is 8.95. The molecule has 7 heteroatoms. The van der Waals surface area contributed by atoms with Crippen LogP contribution in [0.3, 0.4) is 0 Å². The van der Waals surface area contributed by atoms with Gasteiger partial charge in [-0.3, -0.25) is 0 Å². The highest BCUT2D eigenvalue weighted by Gasteiger charge is 2.31. The van der Waals surface area contributed by atoms with E-state index in [0.29, 0.717) is 18.3 Å². The van der Waals surface area contributed by atoms with Gasteiger partial charge in [-0.15, -0.1) is 0 Å². The van der Waals surface area contributed by atoms with Gasteiger partial charge in [0, 0.05) is 24.1 Å². The summed E-state index contributed by atoms with van der Waals surface area (Å²) in [7, 11) is -3.70. The molecule has 1 atom stereocenters. The topological polar surface area (TPSA) is 63.4 Å². The maximum absolute atomic E-state index is 13.2. The van der Waals surface area contributed by atoms with Crippen molar-refractivity contribution in [3.63, 3.8) is 0 Å². The number of halogens is 1. The van der Waals surface area contributed by atoms with Gasteiger partial charge in [-0.05, 0) is 24.6 Å². The molecule has 4 nitrogen and oxygen atoms in total. The molecule has 2 rings (SSSR count). The molecule has 0 aliphatic carbocycles. The van der Waals surface area contributed by atoms with Crippen LogP contribution in [0.2, 0.25) is 0 Å². The third kappa shape index (κ3) is 3.04. The Labute approximate surface area is 117 Å². The van der Waals surface area contributed by atoms with Gasteiger partial charge in [-0.1, -0.05) is 6.92 Å². The van der Waals surface area contributed by atoms with Crippen molar-refractivity contribution >= 4 is 27.5 Å². The number of sulfonamides is 1. The number of hydrogen-bond acceptors (Lipinski definition) is 4. The molecule has 0 radical (unpaired) electrons. The zero-order chi connectivity index (χ0) is 14.0. The second kappa shape index (κ2) is 5.68. The van der Waals surface area contributed by atoms with E-state index in [-0.39, 0.29) is 10.6 Å². The molecule has 0 spiro atoms. The Morgan fingerprint density at radius 3 is 2.95 bits per heavy atom. The van der Waals surface area contributed by atoms with Crippen LogP contribution in [0.25, 0.3) is 0 Å². The monoisotopic (exact) mass is 304 g/mol. The number of thioether (sulfide) groups is 1. The van der Waals surface area contributed by atoms with Gasteiger partial charge in [0.05, 0.1) is 5.69 Å². The molecule has 1 aliphatic rings. The zero-order valence-electron chi connectivity index (χ0n) is 10.7. The fourth-order valence-electron chi connectivity index (χ4n) is 2.03. The molecule has 0 saturated carbocycles. The van der Waals surface area contributed by atoms with E-state index in [0.717, 1.165) is 24.3 Å². The third-order valence-electron chi connectivity index (χ3n) is 3.15. The van der Waals surface area contributed by atoms with Crippen LogP contribution in [-0.4, -0.2) is 36.8 Å². The van der Waals surface area contributed by atoms with Gasteiger partial charge in [0.2, 0.25) is 10.0 Å². The minimum atomic E-state index is -3.70. The Bertz CT molecular complexity index is 563. The van der Waals surface area contributed by atoms with Gasteiger partial charge >= 0.3 is 0 Å². The Balaban J connectivity index is 2.34. The first-order valence-electron chi connectivity index (χ1n) is 6.12. The van der Waals surface area contributed by atoms with E-state index in [2.05, 4.69) is 0 Å². The van der Waals surface area contributed by atoms with Crippen molar-refractivity contribution in [3.05, 3.63) is 24.0 Å². The van der Waals surface area contributed by atoms with Gasteiger partial charge in [-0.2, -0.15) is 16.1 Å². The van der Waals surface area contributed by atoms with Gasteiger partial charge in [0.1, 0.15) is 10.7 Å². The molecule has 1 aromatic carbocycles. The minimum absolute atomic E-state index is 0.0904. The van der Waals surface area contributed by atoms with Crippen LogP contribution >= 0.6 is 11.8 Å². The summed E-state index contributed by atoms with van der Waals surface area (Å²) < 4.78 is 39.6. The van der Waals surface area contributed by atoms with Crippen LogP contribution in [0.4, 0.5) is 10.1 Å². The third-order valence-corrected chi connectivity index (χ3v) is 6.44. The Hall–Kier alpha value is -0.790. The Morgan fingerprint density at radius 1 is 1.53 bits per heavy atom. The molecular weight excluding hydrogens is 287 g/mol. The van der Waals surface area contributed by atoms with E-state index in [1.54, 1.807) is 11.8 Å². The number of hydrogen-bond donors (Lipinski definition) is 1. The van der Waals surface area contributed by atoms with Crippen molar-refractivity contribution in [1.82, 2.24) is 4.31 Å². The van der Waals surface area contributed by atoms with Crippen molar-refractivity contribution in [2.75, 3.05) is 24.6 Å². The summed E-state index contributed by atoms with van der Waals surface area (Å²) in [5.74, 6) is 0.165. The molecule has 0 amide bonds. The average Bonchev–Trinajstić information content (AvgIpc) is 2.41. The van der Waals surface area contributed by atoms with Crippen molar-refractivity contribution < 1.29 is 12.8 Å². The molecule has 19 heavy (non-hydrogen) atoms. The first-order valence-corrected chi connectivity index (χ1v) is 8.60. The predicted octanol–water partition coefficient (Wildman–Crippen LogP) is 1.92. The second-order valence-corrected chi connectivity index (χ2v) is 7.76. The number of nitrogens with zero attached hydrogens (tertiary/aromatic N) is 1. The van der Waals surface area contributed by atoms with Crippen molar-refractivity contribution in [2.24, 2.45) is 0 Å². The van der Waals surface area contributed by atoms with E-state index in [1.165, 1.54) is 10.4 Å². The highest BCUT2D eigenvalue weighted by Crippen LogP contribution is 2.28. The normalized spacial score (nSPS) is 21.5. The van der Waals surface area contributed by atoms with Crippen LogP contribution in [-0.2, 0) is 10.0 Å². The van der Waals surface area contributed by atoms with Crippen LogP contribution in [0.15, 0.2) is 23.1 Å². The maximum atomic E-state index is 13.2. The number of benzene rings is 1. The van der Waals surface area contributed by atoms with Gasteiger partial charge in [-0.25, -0.2) is 12.8 Å². The Kier molecular flexibility index (Phi) is 4.37. The smallest absolute Gasteiger partial charge is 0.245 e. The van der Waals surface area contributed by atoms with Crippen LogP contribution in [0.5, 0.6) is 0 Å². The van der Waals surface area contributed by atoms with E-state index in [1.807, 2.05) is 6.92 Å². The molecule has 1 heterocycles. The molecule has 1 unspecified atom stereocenters. The summed E-state index contributed by atoms with van der Waals surface area (Å²) in [6.07, 6.45) is 0.912. The fourth-order valence-corrected chi connectivity index (χ4v) is 5.03. The lowest BCUT2D eigenvalue weighted by Gasteiger charge is -2.31. The van der Waals surface area contributed by atoms with E-state index >= 15 is 0 Å². The summed E-state index contributed by atoms with van der Waals surface area (Å²) in [5.41, 5.74) is 5.76. The van der Waals surface area contributed by atoms with E-state index < -0.39 is 15.8 Å². The van der Waals surface area contributed by atoms with Gasteiger partial charge < -0.3 is 5.73 Å². The summed E-state index contributed by atoms with van der Waals surface area (Å²) >= 11 is 1.77. The van der Waals surface area contributed by atoms with E-state index in [9.17, 15) is 12.8 Å².